The summed E-state index contributed by atoms with van der Waals surface area (Å²) >= 11 is 0. The van der Waals surface area contributed by atoms with Crippen molar-refractivity contribution in [1.29, 1.82) is 0 Å². The van der Waals surface area contributed by atoms with E-state index in [0.29, 0.717) is 11.8 Å². The van der Waals surface area contributed by atoms with Crippen LogP contribution in [0.2, 0.25) is 0 Å². The van der Waals surface area contributed by atoms with Crippen molar-refractivity contribution in [3.63, 3.8) is 0 Å². The number of nitrogen functional groups attached to an aromatic ring is 2. The average molecular weight is 189 g/mol. The van der Waals surface area contributed by atoms with Crippen LogP contribution in [-0.2, 0) is 0 Å². The lowest BCUT2D eigenvalue weighted by molar-refractivity contribution is 0.454. The Hall–Kier alpha value is -1.22. The molecule has 2 aliphatic rings. The topological polar surface area (TPSA) is 64.1 Å². The largest absolute Gasteiger partial charge is 0.399 e. The number of benzene rings is 1. The van der Waals surface area contributed by atoms with Crippen LogP contribution in [0.25, 0.3) is 0 Å². The van der Waals surface area contributed by atoms with Crippen LogP contribution in [0.4, 0.5) is 11.4 Å². The molecule has 3 nitrogen and oxygen atoms in total. The van der Waals surface area contributed by atoms with Crippen molar-refractivity contribution in [2.75, 3.05) is 24.6 Å². The number of hydrogen-bond donors (Lipinski definition) is 3. The minimum atomic E-state index is 0.615. The van der Waals surface area contributed by atoms with Crippen LogP contribution >= 0.6 is 0 Å². The third-order valence-electron chi connectivity index (χ3n) is 3.46. The molecule has 14 heavy (non-hydrogen) atoms. The van der Waals surface area contributed by atoms with Crippen LogP contribution in [0.5, 0.6) is 0 Å². The Bertz CT molecular complexity index is 386. The molecule has 1 heterocycles. The molecule has 0 radical (unpaired) electrons. The van der Waals surface area contributed by atoms with Gasteiger partial charge in [0.2, 0.25) is 0 Å². The van der Waals surface area contributed by atoms with E-state index in [2.05, 4.69) is 11.4 Å². The van der Waals surface area contributed by atoms with Crippen LogP contribution in [-0.4, -0.2) is 13.1 Å². The van der Waals surface area contributed by atoms with E-state index in [1.807, 2.05) is 6.07 Å². The maximum Gasteiger partial charge on any atom is 0.0373 e. The number of hydrogen-bond acceptors (Lipinski definition) is 3. The first kappa shape index (κ1) is 8.12. The Morgan fingerprint density at radius 3 is 2.79 bits per heavy atom. The lowest BCUT2D eigenvalue weighted by Crippen LogP contribution is -2.28. The zero-order valence-corrected chi connectivity index (χ0v) is 8.09. The minimum Gasteiger partial charge on any atom is -0.399 e. The second kappa shape index (κ2) is 2.64. The van der Waals surface area contributed by atoms with E-state index in [-0.39, 0.29) is 0 Å². The van der Waals surface area contributed by atoms with E-state index >= 15 is 0 Å². The van der Waals surface area contributed by atoms with E-state index in [0.717, 1.165) is 24.5 Å². The molecule has 1 saturated heterocycles. The average Bonchev–Trinajstić information content (AvgIpc) is 2.39. The molecule has 3 heteroatoms. The maximum atomic E-state index is 6.02. The summed E-state index contributed by atoms with van der Waals surface area (Å²) in [5, 5.41) is 3.44. The van der Waals surface area contributed by atoms with Crippen molar-refractivity contribution in [3.05, 3.63) is 23.3 Å². The molecule has 3 rings (SSSR count). The predicted molar refractivity (Wildman–Crippen MR) is 58.2 cm³/mol. The van der Waals surface area contributed by atoms with Gasteiger partial charge in [0.05, 0.1) is 0 Å². The third kappa shape index (κ3) is 0.960. The van der Waals surface area contributed by atoms with Crippen molar-refractivity contribution in [2.45, 2.75) is 18.3 Å². The third-order valence-corrected chi connectivity index (χ3v) is 3.46. The standard InChI is InChI=1S/C11H15N3/c12-8-2-9-6-1-7(5-14-4-6)11(9)10(13)3-8/h2-3,6-7,14H,1,4-5,12-13H2/t6-,7+/m1/s1. The van der Waals surface area contributed by atoms with Gasteiger partial charge in [0.1, 0.15) is 0 Å². The number of rotatable bonds is 0. The van der Waals surface area contributed by atoms with Gasteiger partial charge in [-0.15, -0.1) is 0 Å². The molecule has 2 bridgehead atoms. The fourth-order valence-electron chi connectivity index (χ4n) is 2.93. The van der Waals surface area contributed by atoms with Gasteiger partial charge < -0.3 is 16.8 Å². The molecule has 0 saturated carbocycles. The highest BCUT2D eigenvalue weighted by Crippen LogP contribution is 2.46. The smallest absolute Gasteiger partial charge is 0.0373 e. The van der Waals surface area contributed by atoms with E-state index in [4.69, 9.17) is 11.5 Å². The molecule has 1 aromatic rings. The van der Waals surface area contributed by atoms with Crippen molar-refractivity contribution in [2.24, 2.45) is 0 Å². The van der Waals surface area contributed by atoms with Gasteiger partial charge in [0.15, 0.2) is 0 Å². The van der Waals surface area contributed by atoms with Crippen molar-refractivity contribution < 1.29 is 0 Å². The summed E-state index contributed by atoms with van der Waals surface area (Å²) in [5.74, 6) is 1.25. The van der Waals surface area contributed by atoms with Gasteiger partial charge in [-0.1, -0.05) is 0 Å². The highest BCUT2D eigenvalue weighted by Gasteiger charge is 2.35. The molecule has 0 unspecified atom stereocenters. The number of anilines is 2. The monoisotopic (exact) mass is 189 g/mol. The van der Waals surface area contributed by atoms with Crippen LogP contribution in [0, 0.1) is 0 Å². The zero-order chi connectivity index (χ0) is 9.71. The normalized spacial score (nSPS) is 28.9. The fraction of sp³-hybridized carbons (Fsp3) is 0.455. The summed E-state index contributed by atoms with van der Waals surface area (Å²) < 4.78 is 0. The molecule has 0 amide bonds. The van der Waals surface area contributed by atoms with Gasteiger partial charge >= 0.3 is 0 Å². The summed E-state index contributed by atoms with van der Waals surface area (Å²) in [5.41, 5.74) is 16.3. The summed E-state index contributed by atoms with van der Waals surface area (Å²) in [6.07, 6.45) is 1.25. The van der Waals surface area contributed by atoms with E-state index < -0.39 is 0 Å². The molecule has 0 spiro atoms. The second-order valence-corrected chi connectivity index (χ2v) is 4.40. The zero-order valence-electron chi connectivity index (χ0n) is 8.09. The van der Waals surface area contributed by atoms with Crippen LogP contribution in [0.3, 0.4) is 0 Å². The van der Waals surface area contributed by atoms with E-state index in [1.165, 1.54) is 17.5 Å². The molecule has 74 valence electrons. The molecule has 5 N–H and O–H groups in total. The molecular formula is C11H15N3. The molecule has 2 atom stereocenters. The Morgan fingerprint density at radius 2 is 1.93 bits per heavy atom. The molecule has 1 aromatic carbocycles. The first-order valence-corrected chi connectivity index (χ1v) is 5.15. The first-order valence-electron chi connectivity index (χ1n) is 5.15. The molecule has 0 aromatic heterocycles. The highest BCUT2D eigenvalue weighted by atomic mass is 14.9. The lowest BCUT2D eigenvalue weighted by atomic mass is 9.97. The summed E-state index contributed by atoms with van der Waals surface area (Å²) in [7, 11) is 0. The van der Waals surface area contributed by atoms with Gasteiger partial charge in [-0.3, -0.25) is 0 Å². The summed E-state index contributed by atoms with van der Waals surface area (Å²) in [6, 6.07) is 3.99. The van der Waals surface area contributed by atoms with Crippen LogP contribution < -0.4 is 16.8 Å². The number of piperidine rings is 1. The maximum absolute atomic E-state index is 6.02. The van der Waals surface area contributed by atoms with Crippen molar-refractivity contribution in [1.82, 2.24) is 5.32 Å². The quantitative estimate of drug-likeness (QED) is 0.534. The Kier molecular flexibility index (Phi) is 1.53. The highest BCUT2D eigenvalue weighted by molar-refractivity contribution is 5.64. The Morgan fingerprint density at radius 1 is 1.14 bits per heavy atom. The van der Waals surface area contributed by atoms with Gasteiger partial charge in [-0.25, -0.2) is 0 Å². The van der Waals surface area contributed by atoms with Gasteiger partial charge in [-0.05, 0) is 41.5 Å². The van der Waals surface area contributed by atoms with Crippen molar-refractivity contribution in [3.8, 4) is 0 Å². The Labute approximate surface area is 83.5 Å². The molecule has 1 fully saturated rings. The minimum absolute atomic E-state index is 0.615. The number of nitrogens with two attached hydrogens (primary N) is 2. The van der Waals surface area contributed by atoms with E-state index in [1.54, 1.807) is 0 Å². The van der Waals surface area contributed by atoms with Gasteiger partial charge in [0, 0.05) is 24.5 Å². The molecule has 1 aliphatic carbocycles. The number of nitrogens with one attached hydrogen (secondary N) is 1. The summed E-state index contributed by atoms with van der Waals surface area (Å²) in [6.45, 7) is 2.14. The summed E-state index contributed by atoms with van der Waals surface area (Å²) in [4.78, 5) is 0. The lowest BCUT2D eigenvalue weighted by Gasteiger charge is -2.20. The van der Waals surface area contributed by atoms with Crippen molar-refractivity contribution >= 4 is 11.4 Å². The molecular weight excluding hydrogens is 174 g/mol. The Balaban J connectivity index is 2.21. The predicted octanol–water partition coefficient (Wildman–Crippen LogP) is 1.03. The van der Waals surface area contributed by atoms with E-state index in [9.17, 15) is 0 Å². The second-order valence-electron chi connectivity index (χ2n) is 4.40. The fourth-order valence-corrected chi connectivity index (χ4v) is 2.93. The first-order chi connectivity index (χ1) is 6.75. The SMILES string of the molecule is Nc1cc(N)c2c(c1)[C@H]1CNC[C@@H]2C1. The molecule has 1 aliphatic heterocycles. The van der Waals surface area contributed by atoms with Crippen LogP contribution in [0.1, 0.15) is 29.4 Å². The van der Waals surface area contributed by atoms with Crippen LogP contribution in [0.15, 0.2) is 12.1 Å². The van der Waals surface area contributed by atoms with Gasteiger partial charge in [0.25, 0.3) is 0 Å². The number of fused-ring (bicyclic) bond motifs is 5. The van der Waals surface area contributed by atoms with Gasteiger partial charge in [-0.2, -0.15) is 0 Å².